The highest BCUT2D eigenvalue weighted by Crippen LogP contribution is 2.51. The van der Waals surface area contributed by atoms with Gasteiger partial charge in [0.2, 0.25) is 5.60 Å². The average molecular weight is 1230 g/mol. The summed E-state index contributed by atoms with van der Waals surface area (Å²) in [7, 11) is 4.77. The number of carbonyl (C=O) groups excluding carboxylic acids is 4. The van der Waals surface area contributed by atoms with Crippen molar-refractivity contribution in [3.8, 4) is 28.7 Å². The number of hydrogen-bond acceptors (Lipinski definition) is 19. The molecule has 0 radical (unpaired) electrons. The van der Waals surface area contributed by atoms with Crippen molar-refractivity contribution >= 4 is 74.6 Å². The Morgan fingerprint density at radius 2 is 1.39 bits per heavy atom. The summed E-state index contributed by atoms with van der Waals surface area (Å²) in [5, 5.41) is 25.1. The molecule has 0 aliphatic carbocycles. The molecule has 4 aliphatic heterocycles. The lowest BCUT2D eigenvalue weighted by atomic mass is 9.84. The van der Waals surface area contributed by atoms with Gasteiger partial charge in [-0.2, -0.15) is 5.10 Å². The lowest BCUT2D eigenvalue weighted by Crippen LogP contribution is -2.72. The van der Waals surface area contributed by atoms with Crippen molar-refractivity contribution in [3.05, 3.63) is 141 Å². The molecule has 458 valence electrons. The van der Waals surface area contributed by atoms with Crippen LogP contribution >= 0.6 is 23.1 Å². The van der Waals surface area contributed by atoms with Crippen LogP contribution in [0.3, 0.4) is 0 Å². The highest BCUT2D eigenvalue weighted by Gasteiger charge is 2.60. The number of aliphatic carboxylic acids is 1. The van der Waals surface area contributed by atoms with Gasteiger partial charge >= 0.3 is 18.0 Å². The number of nitrogens with zero attached hydrogens (tertiary/aromatic N) is 6. The molecule has 0 saturated carbocycles. The number of fused-ring (bicyclic) bond motifs is 4. The molecular formula is C62H69N8O15S2+. The van der Waals surface area contributed by atoms with Crippen molar-refractivity contribution in [2.75, 3.05) is 52.8 Å². The number of carboxylic acid groups (broad SMARTS) is 1. The molecule has 0 spiro atoms. The fourth-order valence-electron chi connectivity index (χ4n) is 11.0. The molecule has 87 heavy (non-hydrogen) atoms. The minimum atomic E-state index is -1.89. The average Bonchev–Trinajstić information content (AvgIpc) is 1.70. The first-order valence-electron chi connectivity index (χ1n) is 28.2. The van der Waals surface area contributed by atoms with Crippen molar-refractivity contribution in [1.82, 2.24) is 25.0 Å². The van der Waals surface area contributed by atoms with Crippen LogP contribution in [0.25, 0.3) is 10.8 Å². The number of carbonyl (C=O) groups is 5. The van der Waals surface area contributed by atoms with Crippen LogP contribution in [-0.2, 0) is 59.9 Å². The Bertz CT molecular complexity index is 3720. The number of oxime groups is 1. The molecule has 3 fully saturated rings. The molecule has 2 bridgehead atoms. The summed E-state index contributed by atoms with van der Waals surface area (Å²) >= 11 is 2.34. The van der Waals surface area contributed by atoms with Gasteiger partial charge < -0.3 is 52.9 Å². The number of amides is 3. The van der Waals surface area contributed by atoms with E-state index in [0.717, 1.165) is 54.1 Å². The van der Waals surface area contributed by atoms with Crippen molar-refractivity contribution in [2.45, 2.75) is 109 Å². The van der Waals surface area contributed by atoms with Gasteiger partial charge in [-0.25, -0.2) is 24.0 Å². The number of quaternary nitrogens is 1. The lowest BCUT2D eigenvalue weighted by molar-refractivity contribution is -0.905. The van der Waals surface area contributed by atoms with E-state index >= 15 is 0 Å². The van der Waals surface area contributed by atoms with Crippen molar-refractivity contribution in [2.24, 2.45) is 10.6 Å². The Morgan fingerprint density at radius 1 is 0.816 bits per heavy atom. The second kappa shape index (κ2) is 25.0. The number of aromatic nitrogens is 3. The Balaban J connectivity index is 0.899. The van der Waals surface area contributed by atoms with E-state index in [0.29, 0.717) is 69.0 Å². The number of nitrogens with one attached hydrogen (secondary N) is 2. The predicted molar refractivity (Wildman–Crippen MR) is 323 cm³/mol. The normalized spacial score (nSPS) is 20.7. The molecule has 3 atom stereocenters. The van der Waals surface area contributed by atoms with Gasteiger partial charge in [0.25, 0.3) is 17.4 Å². The Labute approximate surface area is 510 Å². The molecule has 4 aliphatic rings. The van der Waals surface area contributed by atoms with Crippen LogP contribution in [0.15, 0.2) is 118 Å². The second-order valence-corrected chi connectivity index (χ2v) is 25.8. The second-order valence-electron chi connectivity index (χ2n) is 23.5. The summed E-state index contributed by atoms with van der Waals surface area (Å²) in [6, 6.07) is 24.5. The van der Waals surface area contributed by atoms with Crippen molar-refractivity contribution < 1.29 is 71.6 Å². The number of piperidine rings is 1. The number of thiazole rings is 1. The first-order chi connectivity index (χ1) is 41.5. The number of methoxy groups -OCH3 is 3. The van der Waals surface area contributed by atoms with Crippen molar-refractivity contribution in [3.63, 3.8) is 0 Å². The summed E-state index contributed by atoms with van der Waals surface area (Å²) in [4.78, 5) is 94.1. The number of rotatable bonds is 23. The van der Waals surface area contributed by atoms with Crippen LogP contribution in [0.2, 0.25) is 0 Å². The molecular weight excluding hydrogens is 1160 g/mol. The number of carboxylic acids is 1. The molecule has 3 N–H and O–H groups in total. The quantitative estimate of drug-likeness (QED) is 0.0180. The first kappa shape index (κ1) is 61.4. The standard InChI is InChI=1S/C62H68N8O15S2/c1-36-45(29-70-24-22-62(35-70,23-25-70)34-68-53(72)44-27-48(82-31-38-12-18-42(79-8)19-13-38)47(26-40(44)28-63-68)81-30-37-10-16-41(78-7)17-11-37)51(56(74)83-32-39-14-20-43(80-9)21-15-39)69-54(73)50(55(69)87-36)65-52(71)49(67-85-61(5,6)57(75)76)46-33-86-58(64-46)66-59(77)84-60(2,3)4/h10-21,26-28,33,36,50,55H,22-25,29-32,34-35H2,1-9H3,(H2-,64,65,66,71,75,76,77)/p+1/b67-49-/t36-,50+,55+,62?,70?/m0/s1. The molecule has 4 aromatic carbocycles. The molecule has 23 nitrogen and oxygen atoms in total. The van der Waals surface area contributed by atoms with Gasteiger partial charge in [0.05, 0.1) is 59.1 Å². The molecule has 6 aromatic rings. The van der Waals surface area contributed by atoms with Gasteiger partial charge in [-0.05, 0) is 107 Å². The zero-order chi connectivity index (χ0) is 62.0. The van der Waals surface area contributed by atoms with Gasteiger partial charge in [-0.1, -0.05) is 41.6 Å². The Kier molecular flexibility index (Phi) is 17.6. The summed E-state index contributed by atoms with van der Waals surface area (Å²) in [6.45, 7) is 12.7. The number of thioether (sulfide) groups is 1. The van der Waals surface area contributed by atoms with Crippen LogP contribution in [0.5, 0.6) is 28.7 Å². The van der Waals surface area contributed by atoms with Gasteiger partial charge in [-0.15, -0.1) is 23.1 Å². The van der Waals surface area contributed by atoms with Crippen LogP contribution in [-0.4, -0.2) is 140 Å². The maximum atomic E-state index is 14.7. The predicted octanol–water partition coefficient (Wildman–Crippen LogP) is 8.06. The number of anilines is 1. The van der Waals surface area contributed by atoms with E-state index in [9.17, 15) is 33.9 Å². The number of β-lactam (4-membered cyclic amide) rings is 1. The highest BCUT2D eigenvalue weighted by atomic mass is 32.2. The zero-order valence-corrected chi connectivity index (χ0v) is 51.3. The largest absolute Gasteiger partial charge is 0.497 e. The SMILES string of the molecule is COc1ccc(COC(=O)C2=C(C[N+]34CCC(Cn5ncc6cc(OCc7ccc(OC)cc7)c(OCc7ccc(OC)cc7)cc6c5=O)(CC3)C4)[C@H](C)S[C@@H]3[C@H](NC(=O)/C(=N\OC(C)(C)C(=O)O)c4csc(NC(=O)OC(C)(C)C)n4)C(=O)N23)cc1. The van der Waals surface area contributed by atoms with Gasteiger partial charge in [0, 0.05) is 39.8 Å². The van der Waals surface area contributed by atoms with Crippen LogP contribution in [0.4, 0.5) is 9.93 Å². The molecule has 25 heteroatoms. The lowest BCUT2D eigenvalue weighted by Gasteiger charge is -2.51. The van der Waals surface area contributed by atoms with E-state index in [2.05, 4.69) is 20.8 Å². The number of benzene rings is 4. The summed E-state index contributed by atoms with van der Waals surface area (Å²) in [5.41, 5.74) is -0.590. The van der Waals surface area contributed by atoms with Crippen LogP contribution < -0.4 is 39.9 Å². The topological polar surface area (TPSA) is 267 Å². The monoisotopic (exact) mass is 1230 g/mol. The van der Waals surface area contributed by atoms with Gasteiger partial charge in [0.1, 0.15) is 72.0 Å². The fraction of sp³-hybridized carbons (Fsp3) is 0.403. The van der Waals surface area contributed by atoms with E-state index in [1.54, 1.807) is 89.4 Å². The summed E-state index contributed by atoms with van der Waals surface area (Å²) < 4.78 is 42.3. The third kappa shape index (κ3) is 13.6. The maximum Gasteiger partial charge on any atom is 0.413 e. The maximum absolute atomic E-state index is 14.7. The molecule has 10 rings (SSSR count). The van der Waals surface area contributed by atoms with Gasteiger partial charge in [-0.3, -0.25) is 24.6 Å². The Hall–Kier alpha value is -8.68. The van der Waals surface area contributed by atoms with Crippen LogP contribution in [0, 0.1) is 5.41 Å². The molecule has 2 aromatic heterocycles. The van der Waals surface area contributed by atoms with E-state index in [4.69, 9.17) is 43.1 Å². The molecule has 0 unspecified atom stereocenters. The summed E-state index contributed by atoms with van der Waals surface area (Å²) in [6.07, 6.45) is 2.42. The van der Waals surface area contributed by atoms with E-state index in [1.165, 1.54) is 35.9 Å². The molecule has 6 heterocycles. The first-order valence-corrected chi connectivity index (χ1v) is 30.0. The smallest absolute Gasteiger partial charge is 0.413 e. The highest BCUT2D eigenvalue weighted by molar-refractivity contribution is 8.00. The van der Waals surface area contributed by atoms with Crippen molar-refractivity contribution in [1.29, 1.82) is 0 Å². The number of ether oxygens (including phenoxy) is 7. The van der Waals surface area contributed by atoms with E-state index in [-0.39, 0.29) is 52.6 Å². The minimum absolute atomic E-state index is 0.0403. The van der Waals surface area contributed by atoms with Gasteiger partial charge in [0.15, 0.2) is 22.3 Å². The third-order valence-corrected chi connectivity index (χ3v) is 18.0. The van der Waals surface area contributed by atoms with E-state index < -0.39 is 58.2 Å². The Morgan fingerprint density at radius 3 is 1.95 bits per heavy atom. The van der Waals surface area contributed by atoms with E-state index in [1.807, 2.05) is 55.5 Å². The summed E-state index contributed by atoms with van der Waals surface area (Å²) in [5.74, 6) is -0.714. The number of esters is 1. The number of hydrogen-bond donors (Lipinski definition) is 3. The molecule has 3 saturated heterocycles. The molecule has 3 amide bonds. The third-order valence-electron chi connectivity index (χ3n) is 15.8. The minimum Gasteiger partial charge on any atom is -0.497 e. The fourth-order valence-corrected chi connectivity index (χ4v) is 13.2. The van der Waals surface area contributed by atoms with Crippen LogP contribution in [0.1, 0.15) is 76.8 Å². The zero-order valence-electron chi connectivity index (χ0n) is 49.7.